The summed E-state index contributed by atoms with van der Waals surface area (Å²) < 4.78 is 13.7. The zero-order valence-corrected chi connectivity index (χ0v) is 13.1. The molecule has 1 atom stereocenters. The molecule has 0 spiro atoms. The minimum absolute atomic E-state index is 0.00648. The highest BCUT2D eigenvalue weighted by molar-refractivity contribution is 7.98. The molecule has 1 heterocycles. The Hall–Kier alpha value is -1.89. The van der Waals surface area contributed by atoms with E-state index in [0.717, 1.165) is 0 Å². The molecule has 0 aliphatic carbocycles. The molecule has 112 valence electrons. The summed E-state index contributed by atoms with van der Waals surface area (Å²) in [6.07, 6.45) is 0. The number of nitrogens with two attached hydrogens (primary N) is 1. The standard InChI is InChI=1S/C14H18FN5S/c1-9(10-6-4-5-7-11(10)15)21-8-12-17-13(16)19-14(18-12)20(2)3/h4-7,9H,8H2,1-3H3,(H2,16,17,18,19)/t9-/m1/s1. The number of nitrogens with zero attached hydrogens (tertiary/aromatic N) is 4. The summed E-state index contributed by atoms with van der Waals surface area (Å²) in [6, 6.07) is 6.78. The number of rotatable bonds is 5. The van der Waals surface area contributed by atoms with Crippen LogP contribution in [0.15, 0.2) is 24.3 Å². The molecule has 5 nitrogen and oxygen atoms in total. The van der Waals surface area contributed by atoms with Crippen molar-refractivity contribution < 1.29 is 4.39 Å². The second-order valence-electron chi connectivity index (χ2n) is 4.78. The van der Waals surface area contributed by atoms with Crippen LogP contribution in [0.5, 0.6) is 0 Å². The highest BCUT2D eigenvalue weighted by Gasteiger charge is 2.13. The van der Waals surface area contributed by atoms with Crippen molar-refractivity contribution in [1.29, 1.82) is 0 Å². The molecule has 0 amide bonds. The lowest BCUT2D eigenvalue weighted by Gasteiger charge is -2.14. The third-order valence-corrected chi connectivity index (χ3v) is 4.07. The molecule has 0 unspecified atom stereocenters. The summed E-state index contributed by atoms with van der Waals surface area (Å²) in [4.78, 5) is 14.3. The third-order valence-electron chi connectivity index (χ3n) is 2.89. The molecule has 0 aliphatic rings. The lowest BCUT2D eigenvalue weighted by atomic mass is 10.1. The van der Waals surface area contributed by atoms with E-state index in [2.05, 4.69) is 15.0 Å². The van der Waals surface area contributed by atoms with Crippen LogP contribution in [0.1, 0.15) is 23.6 Å². The first-order valence-corrected chi connectivity index (χ1v) is 7.56. The maximum absolute atomic E-state index is 13.7. The highest BCUT2D eigenvalue weighted by atomic mass is 32.2. The topological polar surface area (TPSA) is 67.9 Å². The van der Waals surface area contributed by atoms with Crippen molar-refractivity contribution >= 4 is 23.7 Å². The van der Waals surface area contributed by atoms with Crippen molar-refractivity contribution in [3.05, 3.63) is 41.5 Å². The van der Waals surface area contributed by atoms with Gasteiger partial charge in [0, 0.05) is 24.9 Å². The monoisotopic (exact) mass is 307 g/mol. The van der Waals surface area contributed by atoms with E-state index < -0.39 is 0 Å². The van der Waals surface area contributed by atoms with Gasteiger partial charge in [-0.05, 0) is 13.0 Å². The number of aromatic nitrogens is 3. The molecule has 1 aromatic carbocycles. The van der Waals surface area contributed by atoms with E-state index in [9.17, 15) is 4.39 Å². The van der Waals surface area contributed by atoms with Gasteiger partial charge in [0.1, 0.15) is 11.6 Å². The maximum Gasteiger partial charge on any atom is 0.229 e. The lowest BCUT2D eigenvalue weighted by Crippen LogP contribution is -2.16. The molecule has 0 saturated carbocycles. The van der Waals surface area contributed by atoms with Gasteiger partial charge in [0.15, 0.2) is 0 Å². The summed E-state index contributed by atoms with van der Waals surface area (Å²) in [6.45, 7) is 1.96. The van der Waals surface area contributed by atoms with Gasteiger partial charge < -0.3 is 10.6 Å². The first-order valence-electron chi connectivity index (χ1n) is 6.51. The second kappa shape index (κ2) is 6.71. The van der Waals surface area contributed by atoms with E-state index in [-0.39, 0.29) is 17.0 Å². The van der Waals surface area contributed by atoms with Crippen molar-refractivity contribution in [3.8, 4) is 0 Å². The molecule has 2 N–H and O–H groups in total. The van der Waals surface area contributed by atoms with Crippen LogP contribution in [0.4, 0.5) is 16.3 Å². The van der Waals surface area contributed by atoms with E-state index in [1.165, 1.54) is 6.07 Å². The Morgan fingerprint density at radius 3 is 2.62 bits per heavy atom. The Labute approximate surface area is 127 Å². The van der Waals surface area contributed by atoms with Crippen molar-refractivity contribution in [1.82, 2.24) is 15.0 Å². The Morgan fingerprint density at radius 2 is 1.95 bits per heavy atom. The SMILES string of the molecule is C[C@@H](SCc1nc(N)nc(N(C)C)n1)c1ccccc1F. The molecule has 2 rings (SSSR count). The number of benzene rings is 1. The minimum Gasteiger partial charge on any atom is -0.368 e. The predicted molar refractivity (Wildman–Crippen MR) is 84.7 cm³/mol. The number of hydrogen-bond donors (Lipinski definition) is 1. The van der Waals surface area contributed by atoms with E-state index in [0.29, 0.717) is 23.1 Å². The van der Waals surface area contributed by atoms with Crippen LogP contribution in [0.3, 0.4) is 0 Å². The normalized spacial score (nSPS) is 12.2. The molecule has 2 aromatic rings. The van der Waals surface area contributed by atoms with Gasteiger partial charge in [-0.3, -0.25) is 0 Å². The quantitative estimate of drug-likeness (QED) is 0.916. The molecule has 0 fully saturated rings. The van der Waals surface area contributed by atoms with Crippen LogP contribution in [0.2, 0.25) is 0 Å². The van der Waals surface area contributed by atoms with E-state index in [1.54, 1.807) is 28.8 Å². The van der Waals surface area contributed by atoms with Gasteiger partial charge in [0.25, 0.3) is 0 Å². The molecule has 0 bridgehead atoms. The molecular weight excluding hydrogens is 289 g/mol. The molecule has 0 radical (unpaired) electrons. The fraction of sp³-hybridized carbons (Fsp3) is 0.357. The molecule has 0 saturated heterocycles. The fourth-order valence-corrected chi connectivity index (χ4v) is 2.68. The highest BCUT2D eigenvalue weighted by Crippen LogP contribution is 2.31. The van der Waals surface area contributed by atoms with Gasteiger partial charge in [0.05, 0.1) is 5.75 Å². The van der Waals surface area contributed by atoms with Gasteiger partial charge in [-0.1, -0.05) is 18.2 Å². The van der Waals surface area contributed by atoms with Crippen molar-refractivity contribution in [2.75, 3.05) is 24.7 Å². The van der Waals surface area contributed by atoms with Gasteiger partial charge in [0.2, 0.25) is 11.9 Å². The van der Waals surface area contributed by atoms with Gasteiger partial charge in [-0.25, -0.2) is 4.39 Å². The second-order valence-corrected chi connectivity index (χ2v) is 6.11. The van der Waals surface area contributed by atoms with E-state index in [4.69, 9.17) is 5.73 Å². The predicted octanol–water partition coefficient (Wildman–Crippen LogP) is 2.65. The lowest BCUT2D eigenvalue weighted by molar-refractivity contribution is 0.611. The van der Waals surface area contributed by atoms with Crippen LogP contribution in [-0.4, -0.2) is 29.0 Å². The van der Waals surface area contributed by atoms with Gasteiger partial charge in [-0.2, -0.15) is 15.0 Å². The Morgan fingerprint density at radius 1 is 1.24 bits per heavy atom. The molecule has 0 aliphatic heterocycles. The van der Waals surface area contributed by atoms with Crippen LogP contribution in [-0.2, 0) is 5.75 Å². The average molecular weight is 307 g/mol. The molecule has 1 aromatic heterocycles. The summed E-state index contributed by atoms with van der Waals surface area (Å²) in [5.74, 6) is 1.67. The van der Waals surface area contributed by atoms with Crippen LogP contribution < -0.4 is 10.6 Å². The van der Waals surface area contributed by atoms with Crippen molar-refractivity contribution in [2.24, 2.45) is 0 Å². The minimum atomic E-state index is -0.193. The zero-order valence-electron chi connectivity index (χ0n) is 12.2. The van der Waals surface area contributed by atoms with Gasteiger partial charge >= 0.3 is 0 Å². The molecule has 21 heavy (non-hydrogen) atoms. The molecule has 7 heteroatoms. The summed E-state index contributed by atoms with van der Waals surface area (Å²) >= 11 is 1.56. The number of hydrogen-bond acceptors (Lipinski definition) is 6. The summed E-state index contributed by atoms with van der Waals surface area (Å²) in [5.41, 5.74) is 6.36. The average Bonchev–Trinajstić information content (AvgIpc) is 2.44. The Bertz CT molecular complexity index is 620. The summed E-state index contributed by atoms with van der Waals surface area (Å²) in [5, 5.41) is 0.00648. The van der Waals surface area contributed by atoms with Gasteiger partial charge in [-0.15, -0.1) is 11.8 Å². The van der Waals surface area contributed by atoms with Crippen molar-refractivity contribution in [3.63, 3.8) is 0 Å². The smallest absolute Gasteiger partial charge is 0.229 e. The number of anilines is 2. The number of nitrogen functional groups attached to an aromatic ring is 1. The van der Waals surface area contributed by atoms with Crippen molar-refractivity contribution in [2.45, 2.75) is 17.9 Å². The largest absolute Gasteiger partial charge is 0.368 e. The first-order chi connectivity index (χ1) is 9.97. The van der Waals surface area contributed by atoms with E-state index in [1.807, 2.05) is 27.1 Å². The summed E-state index contributed by atoms with van der Waals surface area (Å²) in [7, 11) is 3.68. The number of thioether (sulfide) groups is 1. The number of halogens is 1. The van der Waals surface area contributed by atoms with E-state index >= 15 is 0 Å². The third kappa shape index (κ3) is 4.04. The van der Waals surface area contributed by atoms with Crippen LogP contribution in [0, 0.1) is 5.82 Å². The zero-order chi connectivity index (χ0) is 15.4. The molecular formula is C14H18FN5S. The van der Waals surface area contributed by atoms with Crippen LogP contribution in [0.25, 0.3) is 0 Å². The Balaban J connectivity index is 2.08. The van der Waals surface area contributed by atoms with Crippen LogP contribution >= 0.6 is 11.8 Å². The Kier molecular flexibility index (Phi) is 4.95. The first kappa shape index (κ1) is 15.5. The fourth-order valence-electron chi connectivity index (χ4n) is 1.78. The maximum atomic E-state index is 13.7.